The summed E-state index contributed by atoms with van der Waals surface area (Å²) < 4.78 is 0. The van der Waals surface area contributed by atoms with E-state index in [0.29, 0.717) is 6.42 Å². The molecule has 1 aliphatic heterocycles. The lowest BCUT2D eigenvalue weighted by molar-refractivity contribution is -0.131. The molecule has 3 amide bonds. The molecule has 1 aliphatic rings. The molecule has 1 rings (SSSR count). The second-order valence-corrected chi connectivity index (χ2v) is 4.94. The zero-order valence-corrected chi connectivity index (χ0v) is 11.2. The molecule has 1 heterocycles. The number of rotatable bonds is 7. The molecule has 18 heavy (non-hydrogen) atoms. The van der Waals surface area contributed by atoms with Crippen molar-refractivity contribution in [3.8, 4) is 6.07 Å². The maximum Gasteiger partial charge on any atom is 0.325 e. The summed E-state index contributed by atoms with van der Waals surface area (Å²) in [6, 6.07) is 1.58. The summed E-state index contributed by atoms with van der Waals surface area (Å²) in [5, 5.41) is 11.3. The van der Waals surface area contributed by atoms with Gasteiger partial charge < -0.3 is 5.32 Å². The lowest BCUT2D eigenvalue weighted by Gasteiger charge is -2.21. The summed E-state index contributed by atoms with van der Waals surface area (Å²) in [6.45, 7) is 4.09. The highest BCUT2D eigenvalue weighted by Crippen LogP contribution is 2.24. The Balaban J connectivity index is 2.54. The molecule has 1 atom stereocenters. The molecule has 0 saturated carbocycles. The Hall–Kier alpha value is -1.57. The van der Waals surface area contributed by atoms with Gasteiger partial charge >= 0.3 is 6.03 Å². The van der Waals surface area contributed by atoms with E-state index in [-0.39, 0.29) is 24.9 Å². The summed E-state index contributed by atoms with van der Waals surface area (Å²) >= 11 is 0. The van der Waals surface area contributed by atoms with E-state index < -0.39 is 5.54 Å². The SMILES string of the molecule is CCCCCCC1(C)NC(=O)N(CCC#N)C1=O. The van der Waals surface area contributed by atoms with Gasteiger partial charge in [0.1, 0.15) is 5.54 Å². The summed E-state index contributed by atoms with van der Waals surface area (Å²) in [7, 11) is 0. The minimum atomic E-state index is -0.777. The molecule has 0 bridgehead atoms. The highest BCUT2D eigenvalue weighted by molar-refractivity contribution is 6.06. The maximum absolute atomic E-state index is 12.1. The number of amides is 3. The topological polar surface area (TPSA) is 73.2 Å². The molecule has 100 valence electrons. The van der Waals surface area contributed by atoms with Crippen molar-refractivity contribution >= 4 is 11.9 Å². The first-order valence-electron chi connectivity index (χ1n) is 6.56. The number of unbranched alkanes of at least 4 members (excludes halogenated alkanes) is 3. The van der Waals surface area contributed by atoms with Crippen LogP contribution >= 0.6 is 0 Å². The quantitative estimate of drug-likeness (QED) is 0.556. The lowest BCUT2D eigenvalue weighted by atomic mass is 9.94. The van der Waals surface area contributed by atoms with Crippen LogP contribution in [0.25, 0.3) is 0 Å². The van der Waals surface area contributed by atoms with Gasteiger partial charge in [0.15, 0.2) is 0 Å². The Labute approximate surface area is 108 Å². The summed E-state index contributed by atoms with van der Waals surface area (Å²) in [4.78, 5) is 25.0. The third-order valence-corrected chi connectivity index (χ3v) is 3.32. The molecule has 5 nitrogen and oxygen atoms in total. The van der Waals surface area contributed by atoms with Gasteiger partial charge in [0.25, 0.3) is 5.91 Å². The number of imide groups is 1. The summed E-state index contributed by atoms with van der Waals surface area (Å²) in [5.74, 6) is -0.195. The second-order valence-electron chi connectivity index (χ2n) is 4.94. The number of carbonyl (C=O) groups is 2. The number of hydrogen-bond donors (Lipinski definition) is 1. The zero-order valence-electron chi connectivity index (χ0n) is 11.2. The monoisotopic (exact) mass is 251 g/mol. The first kappa shape index (κ1) is 14.5. The molecular formula is C13H21N3O2. The van der Waals surface area contributed by atoms with Crippen LogP contribution in [0.15, 0.2) is 0 Å². The maximum atomic E-state index is 12.1. The fraction of sp³-hybridized carbons (Fsp3) is 0.769. The van der Waals surface area contributed by atoms with E-state index in [2.05, 4.69) is 12.2 Å². The Morgan fingerprint density at radius 1 is 1.33 bits per heavy atom. The van der Waals surface area contributed by atoms with Gasteiger partial charge in [0.05, 0.1) is 12.5 Å². The molecule has 1 unspecified atom stereocenters. The number of nitriles is 1. The summed E-state index contributed by atoms with van der Waals surface area (Å²) in [5.41, 5.74) is -0.777. The molecule has 0 aromatic rings. The standard InChI is InChI=1S/C13H21N3O2/c1-3-4-5-6-8-13(2)11(17)16(10-7-9-14)12(18)15-13/h3-8,10H2,1-2H3,(H,15,18). The van der Waals surface area contributed by atoms with Crippen LogP contribution < -0.4 is 5.32 Å². The van der Waals surface area contributed by atoms with Crippen LogP contribution in [0.3, 0.4) is 0 Å². The van der Waals surface area contributed by atoms with Gasteiger partial charge in [-0.2, -0.15) is 5.26 Å². The Bertz CT molecular complexity index is 362. The van der Waals surface area contributed by atoms with Crippen molar-refractivity contribution in [3.05, 3.63) is 0 Å². The third kappa shape index (κ3) is 3.22. The van der Waals surface area contributed by atoms with E-state index in [1.165, 1.54) is 0 Å². The van der Waals surface area contributed by atoms with Gasteiger partial charge in [-0.1, -0.05) is 32.6 Å². The molecule has 1 N–H and O–H groups in total. The number of hydrogen-bond acceptors (Lipinski definition) is 3. The number of urea groups is 1. The number of carbonyl (C=O) groups excluding carboxylic acids is 2. The van der Waals surface area contributed by atoms with Gasteiger partial charge in [-0.25, -0.2) is 4.79 Å². The van der Waals surface area contributed by atoms with Crippen molar-refractivity contribution in [1.29, 1.82) is 5.26 Å². The molecule has 0 aromatic carbocycles. The van der Waals surface area contributed by atoms with Crippen molar-refractivity contribution < 1.29 is 9.59 Å². The smallest absolute Gasteiger partial charge is 0.323 e. The minimum Gasteiger partial charge on any atom is -0.323 e. The Kier molecular flexibility index (Phi) is 5.14. The van der Waals surface area contributed by atoms with Crippen LogP contribution in [0.4, 0.5) is 4.79 Å². The van der Waals surface area contributed by atoms with E-state index in [0.717, 1.165) is 30.6 Å². The van der Waals surface area contributed by atoms with Crippen molar-refractivity contribution in [2.24, 2.45) is 0 Å². The predicted octanol–water partition coefficient (Wildman–Crippen LogP) is 2.18. The zero-order chi connectivity index (χ0) is 13.6. The highest BCUT2D eigenvalue weighted by atomic mass is 16.2. The molecule has 5 heteroatoms. The normalized spacial score (nSPS) is 23.1. The van der Waals surface area contributed by atoms with Crippen molar-refractivity contribution in [2.75, 3.05) is 6.54 Å². The van der Waals surface area contributed by atoms with Crippen LogP contribution in [0.2, 0.25) is 0 Å². The highest BCUT2D eigenvalue weighted by Gasteiger charge is 2.46. The van der Waals surface area contributed by atoms with Crippen LogP contribution in [0.1, 0.15) is 52.4 Å². The average Bonchev–Trinajstić information content (AvgIpc) is 2.55. The molecule has 0 spiro atoms. The van der Waals surface area contributed by atoms with Crippen LogP contribution in [-0.2, 0) is 4.79 Å². The van der Waals surface area contributed by atoms with Crippen molar-refractivity contribution in [2.45, 2.75) is 57.9 Å². The van der Waals surface area contributed by atoms with Gasteiger partial charge in [-0.05, 0) is 13.3 Å². The lowest BCUT2D eigenvalue weighted by Crippen LogP contribution is -2.43. The van der Waals surface area contributed by atoms with E-state index in [4.69, 9.17) is 5.26 Å². The first-order valence-corrected chi connectivity index (χ1v) is 6.56. The fourth-order valence-corrected chi connectivity index (χ4v) is 2.19. The van der Waals surface area contributed by atoms with E-state index in [9.17, 15) is 9.59 Å². The van der Waals surface area contributed by atoms with Crippen LogP contribution in [0, 0.1) is 11.3 Å². The van der Waals surface area contributed by atoms with Gasteiger partial charge in [-0.3, -0.25) is 9.69 Å². The molecule has 0 radical (unpaired) electrons. The third-order valence-electron chi connectivity index (χ3n) is 3.32. The van der Waals surface area contributed by atoms with E-state index in [1.807, 2.05) is 6.07 Å². The average molecular weight is 251 g/mol. The number of nitrogens with zero attached hydrogens (tertiary/aromatic N) is 2. The Morgan fingerprint density at radius 2 is 2.06 bits per heavy atom. The minimum absolute atomic E-state index is 0.186. The first-order chi connectivity index (χ1) is 8.55. The molecule has 1 fully saturated rings. The Morgan fingerprint density at radius 3 is 2.67 bits per heavy atom. The molecule has 0 aliphatic carbocycles. The largest absolute Gasteiger partial charge is 0.325 e. The van der Waals surface area contributed by atoms with Crippen LogP contribution in [-0.4, -0.2) is 28.9 Å². The second kappa shape index (κ2) is 6.39. The van der Waals surface area contributed by atoms with Crippen molar-refractivity contribution in [3.63, 3.8) is 0 Å². The van der Waals surface area contributed by atoms with Crippen molar-refractivity contribution in [1.82, 2.24) is 10.2 Å². The van der Waals surface area contributed by atoms with Gasteiger partial charge in [0.2, 0.25) is 0 Å². The molecular weight excluding hydrogens is 230 g/mol. The molecule has 0 aromatic heterocycles. The number of nitrogens with one attached hydrogen (secondary N) is 1. The fourth-order valence-electron chi connectivity index (χ4n) is 2.19. The van der Waals surface area contributed by atoms with Gasteiger partial charge in [0, 0.05) is 6.54 Å². The van der Waals surface area contributed by atoms with E-state index >= 15 is 0 Å². The van der Waals surface area contributed by atoms with Crippen LogP contribution in [0.5, 0.6) is 0 Å². The summed E-state index contributed by atoms with van der Waals surface area (Å²) in [6.07, 6.45) is 5.16. The van der Waals surface area contributed by atoms with E-state index in [1.54, 1.807) is 6.92 Å². The molecule has 1 saturated heterocycles. The van der Waals surface area contributed by atoms with Gasteiger partial charge in [-0.15, -0.1) is 0 Å². The predicted molar refractivity (Wildman–Crippen MR) is 67.6 cm³/mol.